The van der Waals surface area contributed by atoms with Crippen LogP contribution < -0.4 is 5.32 Å². The second kappa shape index (κ2) is 12.4. The molecule has 7 nitrogen and oxygen atoms in total. The SMILES string of the molecule is Cl.Cl.Fc1cc(-c2cccc3ncc(-c4cnn(C5CCNCC5)c4)nc23)cc(F)c1CN1CCOCC1. The molecule has 0 spiro atoms. The fourth-order valence-corrected chi connectivity index (χ4v) is 5.04. The van der Waals surface area contributed by atoms with Gasteiger partial charge in [0.25, 0.3) is 0 Å². The van der Waals surface area contributed by atoms with Crippen LogP contribution >= 0.6 is 24.8 Å². The van der Waals surface area contributed by atoms with E-state index < -0.39 is 11.6 Å². The minimum atomic E-state index is -0.555. The second-order valence-electron chi connectivity index (χ2n) is 9.43. The number of piperidine rings is 1. The van der Waals surface area contributed by atoms with Gasteiger partial charge in [0.15, 0.2) is 0 Å². The predicted octanol–water partition coefficient (Wildman–Crippen LogP) is 5.04. The minimum Gasteiger partial charge on any atom is -0.379 e. The number of aromatic nitrogens is 4. The van der Waals surface area contributed by atoms with Gasteiger partial charge < -0.3 is 10.1 Å². The van der Waals surface area contributed by atoms with E-state index in [9.17, 15) is 0 Å². The van der Waals surface area contributed by atoms with E-state index in [1.165, 1.54) is 12.1 Å². The Kier molecular flexibility index (Phi) is 9.27. The number of benzene rings is 2. The second-order valence-corrected chi connectivity index (χ2v) is 9.43. The lowest BCUT2D eigenvalue weighted by molar-refractivity contribution is 0.0332. The van der Waals surface area contributed by atoms with E-state index in [2.05, 4.69) is 15.4 Å². The fourth-order valence-electron chi connectivity index (χ4n) is 5.04. The predicted molar refractivity (Wildman–Crippen MR) is 148 cm³/mol. The van der Waals surface area contributed by atoms with Crippen molar-refractivity contribution in [3.8, 4) is 22.4 Å². The molecular weight excluding hydrogens is 533 g/mol. The molecule has 0 atom stereocenters. The third-order valence-electron chi connectivity index (χ3n) is 7.09. The molecule has 4 aromatic rings. The number of para-hydroxylation sites is 1. The molecule has 6 rings (SSSR count). The van der Waals surface area contributed by atoms with Crippen LogP contribution in [0.4, 0.5) is 8.78 Å². The van der Waals surface area contributed by atoms with Gasteiger partial charge in [-0.25, -0.2) is 13.8 Å². The zero-order chi connectivity index (χ0) is 24.5. The number of nitrogens with zero attached hydrogens (tertiary/aromatic N) is 5. The molecule has 1 N–H and O–H groups in total. The van der Waals surface area contributed by atoms with Gasteiger partial charge in [0, 0.05) is 42.5 Å². The molecule has 0 bridgehead atoms. The van der Waals surface area contributed by atoms with Gasteiger partial charge in [-0.05, 0) is 49.7 Å². The van der Waals surface area contributed by atoms with Crippen LogP contribution in [0.25, 0.3) is 33.4 Å². The normalized spacial score (nSPS) is 16.7. The van der Waals surface area contributed by atoms with E-state index in [4.69, 9.17) is 9.72 Å². The van der Waals surface area contributed by atoms with Crippen molar-refractivity contribution in [2.24, 2.45) is 0 Å². The summed E-state index contributed by atoms with van der Waals surface area (Å²) in [6, 6.07) is 8.68. The van der Waals surface area contributed by atoms with Crippen molar-refractivity contribution in [2.45, 2.75) is 25.4 Å². The quantitative estimate of drug-likeness (QED) is 0.367. The molecule has 202 valence electrons. The first-order valence-corrected chi connectivity index (χ1v) is 12.4. The standard InChI is InChI=1S/C27H28F2N6O.2ClH/c28-23-12-18(13-24(29)22(23)17-34-8-10-36-11-9-34)21-2-1-3-25-27(21)33-26(15-31-25)19-14-32-35(16-19)20-4-6-30-7-5-20;;/h1-3,12-16,20,30H,4-11,17H2;2*1H. The van der Waals surface area contributed by atoms with Crippen LogP contribution in [-0.2, 0) is 11.3 Å². The number of morpholine rings is 1. The molecule has 2 saturated heterocycles. The van der Waals surface area contributed by atoms with Crippen LogP contribution in [0, 0.1) is 11.6 Å². The van der Waals surface area contributed by atoms with Crippen molar-refractivity contribution in [3.05, 3.63) is 66.1 Å². The van der Waals surface area contributed by atoms with E-state index >= 15 is 8.78 Å². The van der Waals surface area contributed by atoms with Crippen molar-refractivity contribution in [2.75, 3.05) is 39.4 Å². The Hall–Kier alpha value is -2.69. The van der Waals surface area contributed by atoms with Gasteiger partial charge in [-0.3, -0.25) is 14.6 Å². The highest BCUT2D eigenvalue weighted by Crippen LogP contribution is 2.31. The Labute approximate surface area is 232 Å². The minimum absolute atomic E-state index is 0. The maximum absolute atomic E-state index is 15.1. The molecule has 2 aliphatic heterocycles. The highest BCUT2D eigenvalue weighted by atomic mass is 35.5. The van der Waals surface area contributed by atoms with Crippen LogP contribution in [-0.4, -0.2) is 64.0 Å². The average molecular weight is 563 g/mol. The van der Waals surface area contributed by atoms with Gasteiger partial charge in [-0.2, -0.15) is 5.10 Å². The van der Waals surface area contributed by atoms with Gasteiger partial charge >= 0.3 is 0 Å². The molecule has 2 aromatic carbocycles. The molecule has 2 fully saturated rings. The first-order valence-electron chi connectivity index (χ1n) is 12.4. The summed E-state index contributed by atoms with van der Waals surface area (Å²) >= 11 is 0. The number of ether oxygens (including phenoxy) is 1. The topological polar surface area (TPSA) is 68.1 Å². The summed E-state index contributed by atoms with van der Waals surface area (Å²) in [7, 11) is 0. The summed E-state index contributed by atoms with van der Waals surface area (Å²) in [6.07, 6.45) is 7.61. The molecule has 0 saturated carbocycles. The first kappa shape index (κ1) is 28.3. The Morgan fingerprint density at radius 3 is 2.45 bits per heavy atom. The van der Waals surface area contributed by atoms with E-state index in [1.54, 1.807) is 12.4 Å². The molecule has 4 heterocycles. The molecule has 2 aromatic heterocycles. The molecule has 38 heavy (non-hydrogen) atoms. The number of halogens is 4. The summed E-state index contributed by atoms with van der Waals surface area (Å²) in [4.78, 5) is 11.5. The monoisotopic (exact) mass is 562 g/mol. The highest BCUT2D eigenvalue weighted by Gasteiger charge is 2.20. The van der Waals surface area contributed by atoms with Crippen molar-refractivity contribution in [3.63, 3.8) is 0 Å². The molecule has 0 unspecified atom stereocenters. The van der Waals surface area contributed by atoms with E-state index in [-0.39, 0.29) is 36.9 Å². The van der Waals surface area contributed by atoms with Crippen molar-refractivity contribution in [1.29, 1.82) is 0 Å². The van der Waals surface area contributed by atoms with Crippen molar-refractivity contribution < 1.29 is 13.5 Å². The van der Waals surface area contributed by atoms with Gasteiger partial charge in [0.05, 0.1) is 48.4 Å². The highest BCUT2D eigenvalue weighted by molar-refractivity contribution is 5.92. The maximum Gasteiger partial charge on any atom is 0.131 e. The van der Waals surface area contributed by atoms with Crippen LogP contribution in [0.2, 0.25) is 0 Å². The number of nitrogens with one attached hydrogen (secondary N) is 1. The van der Waals surface area contributed by atoms with E-state index in [0.29, 0.717) is 60.2 Å². The molecular formula is C27H30Cl2F2N6O. The average Bonchev–Trinajstić information content (AvgIpc) is 3.42. The number of fused-ring (bicyclic) bond motifs is 1. The van der Waals surface area contributed by atoms with Gasteiger partial charge in [-0.1, -0.05) is 12.1 Å². The molecule has 2 aliphatic rings. The summed E-state index contributed by atoms with van der Waals surface area (Å²) in [5, 5.41) is 7.94. The van der Waals surface area contributed by atoms with E-state index in [0.717, 1.165) is 31.5 Å². The smallest absolute Gasteiger partial charge is 0.131 e. The third kappa shape index (κ3) is 5.82. The summed E-state index contributed by atoms with van der Waals surface area (Å²) < 4.78 is 37.6. The summed E-state index contributed by atoms with van der Waals surface area (Å²) in [6.45, 7) is 4.67. The largest absolute Gasteiger partial charge is 0.379 e. The fraction of sp³-hybridized carbons (Fsp3) is 0.370. The first-order chi connectivity index (χ1) is 17.7. The Balaban J connectivity index is 0.00000168. The summed E-state index contributed by atoms with van der Waals surface area (Å²) in [5.74, 6) is -1.11. The van der Waals surface area contributed by atoms with Crippen LogP contribution in [0.3, 0.4) is 0 Å². The van der Waals surface area contributed by atoms with Crippen molar-refractivity contribution in [1.82, 2.24) is 30.0 Å². The van der Waals surface area contributed by atoms with Crippen LogP contribution in [0.1, 0.15) is 24.4 Å². The van der Waals surface area contributed by atoms with Crippen LogP contribution in [0.5, 0.6) is 0 Å². The lowest BCUT2D eigenvalue weighted by Crippen LogP contribution is -2.36. The van der Waals surface area contributed by atoms with Gasteiger partial charge in [0.1, 0.15) is 11.6 Å². The molecule has 0 amide bonds. The van der Waals surface area contributed by atoms with Crippen molar-refractivity contribution >= 4 is 35.8 Å². The molecule has 0 radical (unpaired) electrons. The van der Waals surface area contributed by atoms with Gasteiger partial charge in [-0.15, -0.1) is 24.8 Å². The lowest BCUT2D eigenvalue weighted by atomic mass is 10.0. The number of hydrogen-bond donors (Lipinski definition) is 1. The zero-order valence-corrected chi connectivity index (χ0v) is 22.4. The Morgan fingerprint density at radius 2 is 1.71 bits per heavy atom. The third-order valence-corrected chi connectivity index (χ3v) is 7.09. The Morgan fingerprint density at radius 1 is 0.974 bits per heavy atom. The molecule has 0 aliphatic carbocycles. The lowest BCUT2D eigenvalue weighted by Gasteiger charge is -2.27. The number of rotatable bonds is 5. The Bertz CT molecular complexity index is 1370. The molecule has 11 heteroatoms. The maximum atomic E-state index is 15.1. The van der Waals surface area contributed by atoms with E-state index in [1.807, 2.05) is 34.0 Å². The number of hydrogen-bond acceptors (Lipinski definition) is 6. The van der Waals surface area contributed by atoms with Crippen LogP contribution in [0.15, 0.2) is 48.9 Å². The zero-order valence-electron chi connectivity index (χ0n) is 20.8. The summed E-state index contributed by atoms with van der Waals surface area (Å²) in [5.41, 5.74) is 3.99. The van der Waals surface area contributed by atoms with Gasteiger partial charge in [0.2, 0.25) is 0 Å².